The molecule has 0 radical (unpaired) electrons. The number of aromatic nitrogens is 1. The van der Waals surface area contributed by atoms with Crippen molar-refractivity contribution in [3.63, 3.8) is 0 Å². The van der Waals surface area contributed by atoms with E-state index in [4.69, 9.17) is 0 Å². The van der Waals surface area contributed by atoms with E-state index in [0.717, 1.165) is 27.8 Å². The predicted molar refractivity (Wildman–Crippen MR) is 103 cm³/mol. The van der Waals surface area contributed by atoms with Crippen molar-refractivity contribution >= 4 is 28.5 Å². The summed E-state index contributed by atoms with van der Waals surface area (Å²) in [5.74, 6) is -1.07. The number of carboxylic acid groups (broad SMARTS) is 1. The fourth-order valence-electron chi connectivity index (χ4n) is 2.83. The van der Waals surface area contributed by atoms with Crippen LogP contribution in [0.4, 0.5) is 4.39 Å². The Morgan fingerprint density at radius 1 is 1.08 bits per heavy atom. The van der Waals surface area contributed by atoms with Crippen molar-refractivity contribution in [2.75, 3.05) is 0 Å². The molecule has 3 nitrogen and oxygen atoms in total. The second kappa shape index (κ2) is 7.46. The van der Waals surface area contributed by atoms with Crippen molar-refractivity contribution in [3.05, 3.63) is 71.8 Å². The molecule has 0 aliphatic heterocycles. The first-order valence-corrected chi connectivity index (χ1v) is 9.21. The van der Waals surface area contributed by atoms with Crippen molar-refractivity contribution < 1.29 is 14.3 Å². The van der Waals surface area contributed by atoms with Gasteiger partial charge in [0.15, 0.2) is 0 Å². The highest BCUT2D eigenvalue weighted by Crippen LogP contribution is 2.35. The molecule has 0 unspecified atom stereocenters. The van der Waals surface area contributed by atoms with Gasteiger partial charge in [0, 0.05) is 22.7 Å². The van der Waals surface area contributed by atoms with Gasteiger partial charge in [-0.2, -0.15) is 0 Å². The van der Waals surface area contributed by atoms with Gasteiger partial charge in [-0.25, -0.2) is 4.39 Å². The largest absolute Gasteiger partial charge is 0.480 e. The summed E-state index contributed by atoms with van der Waals surface area (Å²) in [7, 11) is 0. The SMILES string of the molecule is CC(C)(Sc1ccncc1CCc1ccc(F)c2ccccc12)C(=O)O. The van der Waals surface area contributed by atoms with Crippen LogP contribution in [0.15, 0.2) is 59.8 Å². The van der Waals surface area contributed by atoms with Gasteiger partial charge in [0.1, 0.15) is 10.6 Å². The van der Waals surface area contributed by atoms with E-state index in [2.05, 4.69) is 4.98 Å². The van der Waals surface area contributed by atoms with Crippen LogP contribution in [0.1, 0.15) is 25.0 Å². The number of halogens is 1. The number of pyridine rings is 1. The molecule has 3 rings (SSSR count). The normalized spacial score (nSPS) is 11.7. The molecule has 1 heterocycles. The van der Waals surface area contributed by atoms with Crippen molar-refractivity contribution in [1.82, 2.24) is 4.98 Å². The number of aryl methyl sites for hydroxylation is 2. The van der Waals surface area contributed by atoms with Gasteiger partial charge in [-0.15, -0.1) is 11.8 Å². The number of aliphatic carboxylic acids is 1. The lowest BCUT2D eigenvalue weighted by atomic mass is 9.99. The molecule has 3 aromatic rings. The van der Waals surface area contributed by atoms with Crippen LogP contribution >= 0.6 is 11.8 Å². The van der Waals surface area contributed by atoms with Gasteiger partial charge in [0.2, 0.25) is 0 Å². The fourth-order valence-corrected chi connectivity index (χ4v) is 3.88. The lowest BCUT2D eigenvalue weighted by molar-refractivity contribution is -0.138. The minimum atomic E-state index is -0.918. The number of rotatable bonds is 6. The molecule has 2 aromatic carbocycles. The third-order valence-electron chi connectivity index (χ3n) is 4.36. The van der Waals surface area contributed by atoms with E-state index in [-0.39, 0.29) is 5.82 Å². The number of carbonyl (C=O) groups is 1. The molecule has 0 aliphatic rings. The van der Waals surface area contributed by atoms with E-state index in [1.807, 2.05) is 30.3 Å². The minimum absolute atomic E-state index is 0.217. The molecule has 0 bridgehead atoms. The van der Waals surface area contributed by atoms with Crippen molar-refractivity contribution in [1.29, 1.82) is 0 Å². The summed E-state index contributed by atoms with van der Waals surface area (Å²) >= 11 is 1.32. The summed E-state index contributed by atoms with van der Waals surface area (Å²) in [6, 6.07) is 12.6. The van der Waals surface area contributed by atoms with Crippen LogP contribution in [0.2, 0.25) is 0 Å². The number of thioether (sulfide) groups is 1. The maximum absolute atomic E-state index is 14.0. The molecular formula is C21H20FNO2S. The maximum atomic E-state index is 14.0. The van der Waals surface area contributed by atoms with Gasteiger partial charge in [-0.1, -0.05) is 30.3 Å². The zero-order valence-corrected chi connectivity index (χ0v) is 15.5. The van der Waals surface area contributed by atoms with Crippen molar-refractivity contribution in [2.24, 2.45) is 0 Å². The molecule has 0 amide bonds. The number of nitrogens with zero attached hydrogens (tertiary/aromatic N) is 1. The lowest BCUT2D eigenvalue weighted by Crippen LogP contribution is -2.27. The van der Waals surface area contributed by atoms with Gasteiger partial charge in [0.05, 0.1) is 0 Å². The second-order valence-corrected chi connectivity index (χ2v) is 8.32. The van der Waals surface area contributed by atoms with Gasteiger partial charge in [0.25, 0.3) is 0 Å². The number of hydrogen-bond acceptors (Lipinski definition) is 3. The highest BCUT2D eigenvalue weighted by atomic mass is 32.2. The number of hydrogen-bond donors (Lipinski definition) is 1. The van der Waals surface area contributed by atoms with Crippen LogP contribution < -0.4 is 0 Å². The first-order chi connectivity index (χ1) is 12.4. The molecule has 0 saturated carbocycles. The van der Waals surface area contributed by atoms with Gasteiger partial charge in [-0.05, 0) is 55.3 Å². The third-order valence-corrected chi connectivity index (χ3v) is 5.67. The zero-order chi connectivity index (χ0) is 18.7. The Hall–Kier alpha value is -2.40. The number of fused-ring (bicyclic) bond motifs is 1. The van der Waals surface area contributed by atoms with Gasteiger partial charge >= 0.3 is 5.97 Å². The Morgan fingerprint density at radius 3 is 2.50 bits per heavy atom. The number of carboxylic acids is 1. The van der Waals surface area contributed by atoms with Crippen molar-refractivity contribution in [2.45, 2.75) is 36.3 Å². The summed E-state index contributed by atoms with van der Waals surface area (Å²) in [5, 5.41) is 10.9. The molecule has 0 fully saturated rings. The fraction of sp³-hybridized carbons (Fsp3) is 0.238. The van der Waals surface area contributed by atoms with E-state index in [0.29, 0.717) is 11.8 Å². The first-order valence-electron chi connectivity index (χ1n) is 8.40. The Bertz CT molecular complexity index is 956. The van der Waals surface area contributed by atoms with E-state index in [1.165, 1.54) is 17.8 Å². The molecule has 0 atom stereocenters. The lowest BCUT2D eigenvalue weighted by Gasteiger charge is -2.20. The summed E-state index contributed by atoms with van der Waals surface area (Å²) in [6.07, 6.45) is 4.90. The summed E-state index contributed by atoms with van der Waals surface area (Å²) in [4.78, 5) is 16.5. The number of benzene rings is 2. The van der Waals surface area contributed by atoms with Crippen LogP contribution in [0, 0.1) is 5.82 Å². The second-order valence-electron chi connectivity index (χ2n) is 6.65. The minimum Gasteiger partial charge on any atom is -0.480 e. The van der Waals surface area contributed by atoms with E-state index in [1.54, 1.807) is 32.3 Å². The smallest absolute Gasteiger partial charge is 0.319 e. The highest BCUT2D eigenvalue weighted by molar-refractivity contribution is 8.01. The molecule has 26 heavy (non-hydrogen) atoms. The molecule has 0 spiro atoms. The van der Waals surface area contributed by atoms with Crippen molar-refractivity contribution in [3.8, 4) is 0 Å². The molecule has 134 valence electrons. The highest BCUT2D eigenvalue weighted by Gasteiger charge is 2.29. The maximum Gasteiger partial charge on any atom is 0.319 e. The standard InChI is InChI=1S/C21H20FNO2S/c1-21(2,20(24)25)26-19-11-12-23-13-15(19)8-7-14-9-10-18(22)17-6-4-3-5-16(14)17/h3-6,9-13H,7-8H2,1-2H3,(H,24,25). The summed E-state index contributed by atoms with van der Waals surface area (Å²) < 4.78 is 13.1. The Balaban J connectivity index is 1.86. The summed E-state index contributed by atoms with van der Waals surface area (Å²) in [6.45, 7) is 3.38. The zero-order valence-electron chi connectivity index (χ0n) is 14.7. The average Bonchev–Trinajstić information content (AvgIpc) is 2.62. The van der Waals surface area contributed by atoms with Gasteiger partial charge < -0.3 is 5.11 Å². The molecule has 1 N–H and O–H groups in total. The van der Waals surface area contributed by atoms with E-state index in [9.17, 15) is 14.3 Å². The Morgan fingerprint density at radius 2 is 1.77 bits per heavy atom. The van der Waals surface area contributed by atoms with Crippen LogP contribution in [0.3, 0.4) is 0 Å². The van der Waals surface area contributed by atoms with Gasteiger partial charge in [-0.3, -0.25) is 9.78 Å². The average molecular weight is 369 g/mol. The Labute approximate surface area is 156 Å². The molecule has 5 heteroatoms. The van der Waals surface area contributed by atoms with Crippen LogP contribution in [0.5, 0.6) is 0 Å². The van der Waals surface area contributed by atoms with Crippen LogP contribution in [-0.2, 0) is 17.6 Å². The topological polar surface area (TPSA) is 50.2 Å². The molecule has 1 aromatic heterocycles. The monoisotopic (exact) mass is 369 g/mol. The Kier molecular flexibility index (Phi) is 5.28. The summed E-state index contributed by atoms with van der Waals surface area (Å²) in [5.41, 5.74) is 2.07. The molecular weight excluding hydrogens is 349 g/mol. The van der Waals surface area contributed by atoms with Crippen LogP contribution in [0.25, 0.3) is 10.8 Å². The molecule has 0 saturated heterocycles. The van der Waals surface area contributed by atoms with E-state index < -0.39 is 10.7 Å². The first kappa shape index (κ1) is 18.4. The third kappa shape index (κ3) is 3.88. The van der Waals surface area contributed by atoms with Crippen LogP contribution in [-0.4, -0.2) is 20.8 Å². The molecule has 0 aliphatic carbocycles. The quantitative estimate of drug-likeness (QED) is 0.613. The van der Waals surface area contributed by atoms with E-state index >= 15 is 0 Å². The predicted octanol–water partition coefficient (Wildman–Crippen LogP) is 5.11.